The van der Waals surface area contributed by atoms with Gasteiger partial charge in [-0.05, 0) is 37.6 Å². The van der Waals surface area contributed by atoms with Crippen molar-refractivity contribution in [2.75, 3.05) is 13.1 Å². The molecule has 1 aliphatic heterocycles. The molecule has 0 radical (unpaired) electrons. The lowest BCUT2D eigenvalue weighted by Crippen LogP contribution is -2.37. The lowest BCUT2D eigenvalue weighted by atomic mass is 9.94. The molecule has 0 amide bonds. The number of carboxylic acids is 1. The second kappa shape index (κ2) is 3.48. The summed E-state index contributed by atoms with van der Waals surface area (Å²) in [6, 6.07) is 0.730. The van der Waals surface area contributed by atoms with Crippen LogP contribution in [0.25, 0.3) is 0 Å². The normalized spacial score (nSPS) is 45.1. The Morgan fingerprint density at radius 1 is 1.27 bits per heavy atom. The zero-order valence-electron chi connectivity index (χ0n) is 9.06. The van der Waals surface area contributed by atoms with Gasteiger partial charge in [0.05, 0.1) is 5.92 Å². The fourth-order valence-corrected chi connectivity index (χ4v) is 3.62. The maximum absolute atomic E-state index is 10.9. The fourth-order valence-electron chi connectivity index (χ4n) is 3.62. The van der Waals surface area contributed by atoms with Gasteiger partial charge in [-0.15, -0.1) is 0 Å². The lowest BCUT2D eigenvalue weighted by molar-refractivity contribution is -0.141. The summed E-state index contributed by atoms with van der Waals surface area (Å²) in [5.41, 5.74) is 0. The van der Waals surface area contributed by atoms with Crippen LogP contribution in [0.5, 0.6) is 0 Å². The van der Waals surface area contributed by atoms with Crippen LogP contribution in [0.2, 0.25) is 0 Å². The largest absolute Gasteiger partial charge is 0.481 e. The third kappa shape index (κ3) is 1.67. The summed E-state index contributed by atoms with van der Waals surface area (Å²) in [4.78, 5) is 13.4. The van der Waals surface area contributed by atoms with E-state index in [2.05, 4.69) is 4.90 Å². The number of fused-ring (bicyclic) bond motifs is 1. The number of hydrogen-bond acceptors (Lipinski definition) is 2. The van der Waals surface area contributed by atoms with Gasteiger partial charge < -0.3 is 5.11 Å². The maximum Gasteiger partial charge on any atom is 0.307 e. The minimum atomic E-state index is -0.597. The van der Waals surface area contributed by atoms with Crippen molar-refractivity contribution in [1.29, 1.82) is 0 Å². The Kier molecular flexibility index (Phi) is 2.23. The molecule has 1 N–H and O–H groups in total. The molecular weight excluding hydrogens is 190 g/mol. The third-order valence-electron chi connectivity index (χ3n) is 4.58. The van der Waals surface area contributed by atoms with Crippen molar-refractivity contribution < 1.29 is 9.90 Å². The third-order valence-corrected chi connectivity index (χ3v) is 4.58. The van der Waals surface area contributed by atoms with E-state index in [9.17, 15) is 4.79 Å². The molecule has 0 aromatic heterocycles. The summed E-state index contributed by atoms with van der Waals surface area (Å²) < 4.78 is 0. The SMILES string of the molecule is O=C(O)C1CCN(C2CCCC3CC32)C1. The van der Waals surface area contributed by atoms with E-state index in [1.807, 2.05) is 0 Å². The van der Waals surface area contributed by atoms with Crippen molar-refractivity contribution in [2.45, 2.75) is 38.1 Å². The van der Waals surface area contributed by atoms with Gasteiger partial charge >= 0.3 is 5.97 Å². The van der Waals surface area contributed by atoms with Crippen LogP contribution in [0.3, 0.4) is 0 Å². The van der Waals surface area contributed by atoms with Crippen molar-refractivity contribution >= 4 is 5.97 Å². The number of likely N-dealkylation sites (tertiary alicyclic amines) is 1. The van der Waals surface area contributed by atoms with Crippen molar-refractivity contribution in [3.8, 4) is 0 Å². The molecule has 84 valence electrons. The highest BCUT2D eigenvalue weighted by Crippen LogP contribution is 2.51. The molecule has 3 fully saturated rings. The standard InChI is InChI=1S/C12H19NO2/c14-12(15)9-4-5-13(7-9)11-3-1-2-8-6-10(8)11/h8-11H,1-7H2,(H,14,15). The first-order valence-corrected chi connectivity index (χ1v) is 6.22. The molecule has 15 heavy (non-hydrogen) atoms. The first kappa shape index (κ1) is 9.64. The monoisotopic (exact) mass is 209 g/mol. The van der Waals surface area contributed by atoms with Crippen LogP contribution in [0, 0.1) is 17.8 Å². The highest BCUT2D eigenvalue weighted by Gasteiger charge is 2.48. The van der Waals surface area contributed by atoms with Crippen molar-refractivity contribution in [3.63, 3.8) is 0 Å². The van der Waals surface area contributed by atoms with Gasteiger partial charge in [-0.3, -0.25) is 9.69 Å². The number of rotatable bonds is 2. The first-order valence-electron chi connectivity index (χ1n) is 6.22. The Morgan fingerprint density at radius 3 is 2.87 bits per heavy atom. The highest BCUT2D eigenvalue weighted by atomic mass is 16.4. The van der Waals surface area contributed by atoms with E-state index in [-0.39, 0.29) is 5.92 Å². The summed E-state index contributed by atoms with van der Waals surface area (Å²) in [6.07, 6.45) is 6.38. The molecule has 3 nitrogen and oxygen atoms in total. The molecule has 1 saturated heterocycles. The van der Waals surface area contributed by atoms with E-state index < -0.39 is 5.97 Å². The summed E-state index contributed by atoms with van der Waals surface area (Å²) >= 11 is 0. The van der Waals surface area contributed by atoms with E-state index in [4.69, 9.17) is 5.11 Å². The predicted octanol–water partition coefficient (Wildman–Crippen LogP) is 1.58. The van der Waals surface area contributed by atoms with Crippen LogP contribution in [0.1, 0.15) is 32.1 Å². The van der Waals surface area contributed by atoms with Crippen molar-refractivity contribution in [3.05, 3.63) is 0 Å². The zero-order chi connectivity index (χ0) is 10.4. The molecule has 3 heteroatoms. The van der Waals surface area contributed by atoms with Gasteiger partial charge in [-0.2, -0.15) is 0 Å². The molecule has 4 unspecified atom stereocenters. The number of nitrogens with zero attached hydrogens (tertiary/aromatic N) is 1. The Labute approximate surface area is 90.5 Å². The minimum Gasteiger partial charge on any atom is -0.481 e. The van der Waals surface area contributed by atoms with Gasteiger partial charge in [0.1, 0.15) is 0 Å². The molecule has 0 aromatic rings. The van der Waals surface area contributed by atoms with E-state index in [1.54, 1.807) is 0 Å². The second-order valence-electron chi connectivity index (χ2n) is 5.48. The molecule has 1 heterocycles. The van der Waals surface area contributed by atoms with Crippen LogP contribution in [0.4, 0.5) is 0 Å². The molecule has 4 atom stereocenters. The average Bonchev–Trinajstić information content (AvgIpc) is 2.84. The van der Waals surface area contributed by atoms with Gasteiger partial charge in [0.25, 0.3) is 0 Å². The van der Waals surface area contributed by atoms with Crippen LogP contribution in [-0.2, 0) is 4.79 Å². The molecule has 0 bridgehead atoms. The van der Waals surface area contributed by atoms with E-state index in [0.29, 0.717) is 0 Å². The quantitative estimate of drug-likeness (QED) is 0.750. The Morgan fingerprint density at radius 2 is 2.13 bits per heavy atom. The molecular formula is C12H19NO2. The average molecular weight is 209 g/mol. The van der Waals surface area contributed by atoms with Crippen LogP contribution < -0.4 is 0 Å². The van der Waals surface area contributed by atoms with Gasteiger partial charge in [0.2, 0.25) is 0 Å². The summed E-state index contributed by atoms with van der Waals surface area (Å²) in [5, 5.41) is 8.98. The fraction of sp³-hybridized carbons (Fsp3) is 0.917. The number of carboxylic acid groups (broad SMARTS) is 1. The summed E-state index contributed by atoms with van der Waals surface area (Å²) in [6.45, 7) is 1.83. The molecule has 0 spiro atoms. The summed E-state index contributed by atoms with van der Waals surface area (Å²) in [7, 11) is 0. The topological polar surface area (TPSA) is 40.5 Å². The molecule has 3 rings (SSSR count). The van der Waals surface area contributed by atoms with Gasteiger partial charge in [0, 0.05) is 12.6 Å². The predicted molar refractivity (Wildman–Crippen MR) is 56.6 cm³/mol. The van der Waals surface area contributed by atoms with E-state index >= 15 is 0 Å². The van der Waals surface area contributed by atoms with Crippen LogP contribution in [-0.4, -0.2) is 35.1 Å². The number of carbonyl (C=O) groups is 1. The second-order valence-corrected chi connectivity index (χ2v) is 5.48. The Hall–Kier alpha value is -0.570. The van der Waals surface area contributed by atoms with Crippen molar-refractivity contribution in [2.24, 2.45) is 17.8 Å². The van der Waals surface area contributed by atoms with Gasteiger partial charge in [-0.1, -0.05) is 12.8 Å². The van der Waals surface area contributed by atoms with Crippen LogP contribution in [0.15, 0.2) is 0 Å². The zero-order valence-corrected chi connectivity index (χ0v) is 9.06. The van der Waals surface area contributed by atoms with Crippen LogP contribution >= 0.6 is 0 Å². The van der Waals surface area contributed by atoms with Crippen molar-refractivity contribution in [1.82, 2.24) is 4.90 Å². The highest BCUT2D eigenvalue weighted by molar-refractivity contribution is 5.70. The van der Waals surface area contributed by atoms with E-state index in [1.165, 1.54) is 25.7 Å². The number of hydrogen-bond donors (Lipinski definition) is 1. The van der Waals surface area contributed by atoms with Gasteiger partial charge in [-0.25, -0.2) is 0 Å². The molecule has 3 aliphatic rings. The first-order chi connectivity index (χ1) is 7.25. The molecule has 2 saturated carbocycles. The summed E-state index contributed by atoms with van der Waals surface area (Å²) in [5.74, 6) is 1.23. The number of aliphatic carboxylic acids is 1. The smallest absolute Gasteiger partial charge is 0.307 e. The Balaban J connectivity index is 1.61. The van der Waals surface area contributed by atoms with Gasteiger partial charge in [0.15, 0.2) is 0 Å². The maximum atomic E-state index is 10.9. The van der Waals surface area contributed by atoms with E-state index in [0.717, 1.165) is 37.4 Å². The molecule has 0 aromatic carbocycles. The minimum absolute atomic E-state index is 0.0934. The Bertz CT molecular complexity index is 279. The lowest BCUT2D eigenvalue weighted by Gasteiger charge is -2.30. The molecule has 2 aliphatic carbocycles.